The van der Waals surface area contributed by atoms with Gasteiger partial charge in [0.05, 0.1) is 10.8 Å². The zero-order valence-corrected chi connectivity index (χ0v) is 19.1. The Morgan fingerprint density at radius 3 is 2.69 bits per heavy atom. The van der Waals surface area contributed by atoms with Crippen LogP contribution in [-0.4, -0.2) is 38.3 Å². The van der Waals surface area contributed by atoms with Gasteiger partial charge in [0.1, 0.15) is 0 Å². The Bertz CT molecular complexity index is 1070. The predicted molar refractivity (Wildman–Crippen MR) is 118 cm³/mol. The minimum Gasteiger partial charge on any atom is -0.312 e. The van der Waals surface area contributed by atoms with E-state index in [1.165, 1.54) is 4.31 Å². The molecule has 0 spiro atoms. The minimum absolute atomic E-state index is 0.0342. The van der Waals surface area contributed by atoms with Crippen molar-refractivity contribution in [2.45, 2.75) is 38.0 Å². The molecule has 4 rings (SSSR count). The number of hydrogen-bond acceptors (Lipinski definition) is 3. The topological polar surface area (TPSA) is 57.7 Å². The first-order valence-corrected chi connectivity index (χ1v) is 12.2. The highest BCUT2D eigenvalue weighted by Gasteiger charge is 2.37. The lowest BCUT2D eigenvalue weighted by Gasteiger charge is -2.33. The van der Waals surface area contributed by atoms with E-state index < -0.39 is 10.0 Å². The van der Waals surface area contributed by atoms with Gasteiger partial charge in [-0.3, -0.25) is 4.79 Å². The van der Waals surface area contributed by atoms with Gasteiger partial charge in [0.25, 0.3) is 0 Å². The Labute approximate surface area is 180 Å². The van der Waals surface area contributed by atoms with Crippen LogP contribution in [0.15, 0.2) is 45.8 Å². The molecule has 0 N–H and O–H groups in total. The Hall–Kier alpha value is -1.70. The second-order valence-electron chi connectivity index (χ2n) is 7.98. The summed E-state index contributed by atoms with van der Waals surface area (Å²) >= 11 is 3.48. The standard InChI is InChI=1S/C22H25BrN2O3S/c1-15-5-6-16(2)21(12-15)29(27,28)24-10-3-4-18(14-24)22(26)25-11-9-17-13-19(23)7-8-20(17)25/h5-8,12-13,18H,3-4,9-11,14H2,1-2H3/t18-/m1/s1. The molecule has 2 heterocycles. The molecule has 0 bridgehead atoms. The fourth-order valence-electron chi connectivity index (χ4n) is 4.31. The number of fused-ring (bicyclic) bond motifs is 1. The quantitative estimate of drug-likeness (QED) is 0.670. The molecule has 0 radical (unpaired) electrons. The number of amides is 1. The maximum atomic E-state index is 13.3. The third-order valence-corrected chi connectivity index (χ3v) is 8.40. The van der Waals surface area contributed by atoms with Crippen molar-refractivity contribution in [2.75, 3.05) is 24.5 Å². The number of aryl methyl sites for hydroxylation is 2. The molecule has 0 aromatic heterocycles. The highest BCUT2D eigenvalue weighted by molar-refractivity contribution is 9.10. The molecule has 0 aliphatic carbocycles. The van der Waals surface area contributed by atoms with Gasteiger partial charge in [-0.2, -0.15) is 4.31 Å². The van der Waals surface area contributed by atoms with Gasteiger partial charge >= 0.3 is 0 Å². The summed E-state index contributed by atoms with van der Waals surface area (Å²) < 4.78 is 29.1. The van der Waals surface area contributed by atoms with E-state index in [0.717, 1.165) is 39.7 Å². The maximum absolute atomic E-state index is 13.3. The van der Waals surface area contributed by atoms with Crippen LogP contribution in [0.3, 0.4) is 0 Å². The largest absolute Gasteiger partial charge is 0.312 e. The average Bonchev–Trinajstić information content (AvgIpc) is 3.12. The van der Waals surface area contributed by atoms with E-state index in [-0.39, 0.29) is 18.4 Å². The van der Waals surface area contributed by atoms with Crippen LogP contribution >= 0.6 is 15.9 Å². The van der Waals surface area contributed by atoms with Crippen molar-refractivity contribution < 1.29 is 13.2 Å². The van der Waals surface area contributed by atoms with Crippen molar-refractivity contribution in [1.29, 1.82) is 0 Å². The van der Waals surface area contributed by atoms with Gasteiger partial charge in [0.15, 0.2) is 0 Å². The highest BCUT2D eigenvalue weighted by atomic mass is 79.9. The maximum Gasteiger partial charge on any atom is 0.243 e. The summed E-state index contributed by atoms with van der Waals surface area (Å²) in [4.78, 5) is 15.5. The van der Waals surface area contributed by atoms with Crippen molar-refractivity contribution in [3.63, 3.8) is 0 Å². The molecule has 0 unspecified atom stereocenters. The molecule has 5 nitrogen and oxygen atoms in total. The van der Waals surface area contributed by atoms with Crippen LogP contribution in [-0.2, 0) is 21.2 Å². The fraction of sp³-hybridized carbons (Fsp3) is 0.409. The lowest BCUT2D eigenvalue weighted by molar-refractivity contribution is -0.123. The number of nitrogens with zero attached hydrogens (tertiary/aromatic N) is 2. The predicted octanol–water partition coefficient (Wildman–Crippen LogP) is 4.06. The zero-order chi connectivity index (χ0) is 20.8. The molecule has 7 heteroatoms. The normalized spacial score (nSPS) is 20.0. The van der Waals surface area contributed by atoms with E-state index in [0.29, 0.717) is 24.4 Å². The lowest BCUT2D eigenvalue weighted by atomic mass is 9.98. The van der Waals surface area contributed by atoms with E-state index in [2.05, 4.69) is 22.0 Å². The molecule has 1 amide bonds. The first kappa shape index (κ1) is 20.6. The summed E-state index contributed by atoms with van der Waals surface area (Å²) in [6, 6.07) is 11.5. The number of sulfonamides is 1. The number of anilines is 1. The number of carbonyl (C=O) groups is 1. The smallest absolute Gasteiger partial charge is 0.243 e. The van der Waals surface area contributed by atoms with Gasteiger partial charge in [-0.15, -0.1) is 0 Å². The molecule has 1 saturated heterocycles. The van der Waals surface area contributed by atoms with Crippen LogP contribution in [0.4, 0.5) is 5.69 Å². The van der Waals surface area contributed by atoms with Crippen LogP contribution in [0, 0.1) is 19.8 Å². The summed E-state index contributed by atoms with van der Waals surface area (Å²) in [5, 5.41) is 0. The Morgan fingerprint density at radius 2 is 1.90 bits per heavy atom. The van der Waals surface area contributed by atoms with Gasteiger partial charge in [-0.25, -0.2) is 8.42 Å². The number of halogens is 1. The monoisotopic (exact) mass is 476 g/mol. The summed E-state index contributed by atoms with van der Waals surface area (Å²) in [7, 11) is -3.61. The average molecular weight is 477 g/mol. The third kappa shape index (κ3) is 3.88. The van der Waals surface area contributed by atoms with Crippen LogP contribution in [0.2, 0.25) is 0 Å². The van der Waals surface area contributed by atoms with Gasteiger partial charge < -0.3 is 4.90 Å². The van der Waals surface area contributed by atoms with Crippen LogP contribution < -0.4 is 4.90 Å². The van der Waals surface area contributed by atoms with Crippen molar-refractivity contribution in [3.05, 3.63) is 57.6 Å². The molecule has 2 aliphatic rings. The summed E-state index contributed by atoms with van der Waals surface area (Å²) in [5.74, 6) is -0.273. The van der Waals surface area contributed by atoms with Gasteiger partial charge in [-0.05, 0) is 74.1 Å². The third-order valence-electron chi connectivity index (χ3n) is 5.90. The SMILES string of the molecule is Cc1ccc(C)c(S(=O)(=O)N2CCC[C@@H](C(=O)N3CCc4cc(Br)ccc43)C2)c1. The zero-order valence-electron chi connectivity index (χ0n) is 16.7. The molecule has 0 saturated carbocycles. The van der Waals surface area contributed by atoms with E-state index in [4.69, 9.17) is 0 Å². The van der Waals surface area contributed by atoms with E-state index >= 15 is 0 Å². The van der Waals surface area contributed by atoms with E-state index in [1.54, 1.807) is 6.07 Å². The Balaban J connectivity index is 1.56. The summed E-state index contributed by atoms with van der Waals surface area (Å²) in [6.45, 7) is 5.08. The molecule has 2 aliphatic heterocycles. The second kappa shape index (κ2) is 7.85. The lowest BCUT2D eigenvalue weighted by Crippen LogP contribution is -2.46. The summed E-state index contributed by atoms with van der Waals surface area (Å²) in [5.41, 5.74) is 3.76. The van der Waals surface area contributed by atoms with Gasteiger partial charge in [-0.1, -0.05) is 28.1 Å². The van der Waals surface area contributed by atoms with Crippen LogP contribution in [0.1, 0.15) is 29.5 Å². The minimum atomic E-state index is -3.61. The molecule has 29 heavy (non-hydrogen) atoms. The molecule has 1 atom stereocenters. The molecule has 2 aromatic rings. The summed E-state index contributed by atoms with van der Waals surface area (Å²) in [6.07, 6.45) is 2.25. The second-order valence-corrected chi connectivity index (χ2v) is 10.8. The van der Waals surface area contributed by atoms with Crippen molar-refractivity contribution >= 4 is 37.5 Å². The van der Waals surface area contributed by atoms with Crippen molar-refractivity contribution in [1.82, 2.24) is 4.31 Å². The number of rotatable bonds is 3. The van der Waals surface area contributed by atoms with Crippen molar-refractivity contribution in [3.8, 4) is 0 Å². The van der Waals surface area contributed by atoms with Gasteiger partial charge in [0.2, 0.25) is 15.9 Å². The number of hydrogen-bond donors (Lipinski definition) is 0. The van der Waals surface area contributed by atoms with Crippen LogP contribution in [0.5, 0.6) is 0 Å². The molecule has 1 fully saturated rings. The fourth-order valence-corrected chi connectivity index (χ4v) is 6.55. The molecule has 154 valence electrons. The van der Waals surface area contributed by atoms with E-state index in [9.17, 15) is 13.2 Å². The number of carbonyl (C=O) groups excluding carboxylic acids is 1. The van der Waals surface area contributed by atoms with Gasteiger partial charge in [0, 0.05) is 29.8 Å². The molecular weight excluding hydrogens is 452 g/mol. The Kier molecular flexibility index (Phi) is 5.57. The molecular formula is C22H25BrN2O3S. The Morgan fingerprint density at radius 1 is 1.10 bits per heavy atom. The van der Waals surface area contributed by atoms with Crippen molar-refractivity contribution in [2.24, 2.45) is 5.92 Å². The number of piperidine rings is 1. The highest BCUT2D eigenvalue weighted by Crippen LogP contribution is 2.34. The number of benzene rings is 2. The van der Waals surface area contributed by atoms with Crippen LogP contribution in [0.25, 0.3) is 0 Å². The first-order valence-electron chi connectivity index (χ1n) is 9.94. The van der Waals surface area contributed by atoms with E-state index in [1.807, 2.05) is 43.0 Å². The molecule has 2 aromatic carbocycles. The first-order chi connectivity index (χ1) is 13.8.